The number of aliphatic imine (C=N–C) groups is 1. The lowest BCUT2D eigenvalue weighted by molar-refractivity contribution is 0.404. The van der Waals surface area contributed by atoms with Crippen LogP contribution in [0.3, 0.4) is 0 Å². The van der Waals surface area contributed by atoms with Gasteiger partial charge in [-0.3, -0.25) is 4.99 Å². The molecule has 0 bridgehead atoms. The van der Waals surface area contributed by atoms with E-state index in [1.807, 2.05) is 36.4 Å². The number of benzene rings is 2. The fourth-order valence-corrected chi connectivity index (χ4v) is 2.20. The summed E-state index contributed by atoms with van der Waals surface area (Å²) in [5.41, 5.74) is 2.68. The van der Waals surface area contributed by atoms with E-state index in [0.717, 1.165) is 27.5 Å². The molecule has 0 unspecified atom stereocenters. The summed E-state index contributed by atoms with van der Waals surface area (Å²) >= 11 is 0. The Hall–Kier alpha value is -2.29. The van der Waals surface area contributed by atoms with Crippen molar-refractivity contribution in [1.82, 2.24) is 0 Å². The van der Waals surface area contributed by atoms with Crippen molar-refractivity contribution in [2.24, 2.45) is 4.99 Å². The van der Waals surface area contributed by atoms with Crippen LogP contribution in [0.1, 0.15) is 5.56 Å². The molecule has 0 aliphatic heterocycles. The largest absolute Gasteiger partial charge is 0.481 e. The summed E-state index contributed by atoms with van der Waals surface area (Å²) in [5, 5.41) is 2.24. The van der Waals surface area contributed by atoms with Gasteiger partial charge in [-0.2, -0.15) is 0 Å². The zero-order chi connectivity index (χ0) is 12.5. The molecule has 0 atom stereocenters. The van der Waals surface area contributed by atoms with E-state index in [4.69, 9.17) is 9.15 Å². The normalized spacial score (nSPS) is 12.2. The zero-order valence-electron chi connectivity index (χ0n) is 10.3. The van der Waals surface area contributed by atoms with Gasteiger partial charge in [0.25, 0.3) is 0 Å². The van der Waals surface area contributed by atoms with E-state index in [2.05, 4.69) is 11.1 Å². The number of hydrogen-bond donors (Lipinski definition) is 0. The minimum atomic E-state index is 0.609. The molecule has 3 rings (SSSR count). The second-order valence-corrected chi connectivity index (χ2v) is 4.04. The van der Waals surface area contributed by atoms with Crippen molar-refractivity contribution in [3.05, 3.63) is 48.0 Å². The molecule has 3 aromatic rings. The lowest BCUT2D eigenvalue weighted by Crippen LogP contribution is -2.02. The highest BCUT2D eigenvalue weighted by Gasteiger charge is 2.09. The summed E-state index contributed by atoms with van der Waals surface area (Å²) in [4.78, 5) is 4.09. The van der Waals surface area contributed by atoms with Crippen molar-refractivity contribution < 1.29 is 9.15 Å². The fraction of sp³-hybridized carbons (Fsp3) is 0.133. The minimum Gasteiger partial charge on any atom is -0.481 e. The highest BCUT2D eigenvalue weighted by Crippen LogP contribution is 2.29. The Morgan fingerprint density at radius 3 is 2.61 bits per heavy atom. The molecule has 1 aromatic heterocycles. The van der Waals surface area contributed by atoms with Crippen LogP contribution in [0.15, 0.2) is 51.9 Å². The summed E-state index contributed by atoms with van der Waals surface area (Å²) in [6.45, 7) is 0. The molecule has 0 amide bonds. The van der Waals surface area contributed by atoms with Gasteiger partial charge in [0, 0.05) is 23.4 Å². The average molecular weight is 239 g/mol. The molecular formula is C15H13NO2. The molecule has 0 aliphatic rings. The molecule has 3 heteroatoms. The van der Waals surface area contributed by atoms with Gasteiger partial charge in [-0.1, -0.05) is 18.2 Å². The van der Waals surface area contributed by atoms with E-state index in [-0.39, 0.29) is 0 Å². The molecule has 18 heavy (non-hydrogen) atoms. The van der Waals surface area contributed by atoms with E-state index in [0.29, 0.717) is 5.90 Å². The summed E-state index contributed by atoms with van der Waals surface area (Å²) in [6, 6.07) is 14.0. The maximum atomic E-state index is 5.82. The minimum absolute atomic E-state index is 0.609. The molecule has 0 saturated heterocycles. The van der Waals surface area contributed by atoms with E-state index < -0.39 is 0 Å². The van der Waals surface area contributed by atoms with Crippen LogP contribution in [-0.4, -0.2) is 20.1 Å². The van der Waals surface area contributed by atoms with Gasteiger partial charge in [0.1, 0.15) is 11.2 Å². The molecule has 2 aromatic carbocycles. The van der Waals surface area contributed by atoms with Crippen molar-refractivity contribution in [3.8, 4) is 0 Å². The van der Waals surface area contributed by atoms with Crippen LogP contribution in [0.4, 0.5) is 0 Å². The van der Waals surface area contributed by atoms with Crippen LogP contribution < -0.4 is 0 Å². The third kappa shape index (κ3) is 1.56. The highest BCUT2D eigenvalue weighted by atomic mass is 16.5. The first kappa shape index (κ1) is 10.8. The van der Waals surface area contributed by atoms with Gasteiger partial charge < -0.3 is 9.15 Å². The summed E-state index contributed by atoms with van der Waals surface area (Å²) in [6.07, 6.45) is 0. The van der Waals surface area contributed by atoms with Crippen molar-refractivity contribution in [1.29, 1.82) is 0 Å². The second kappa shape index (κ2) is 4.18. The molecular weight excluding hydrogens is 226 g/mol. The van der Waals surface area contributed by atoms with Gasteiger partial charge in [0.2, 0.25) is 5.90 Å². The average Bonchev–Trinajstić information content (AvgIpc) is 2.78. The van der Waals surface area contributed by atoms with Crippen LogP contribution >= 0.6 is 0 Å². The number of nitrogens with zero attached hydrogens (tertiary/aromatic N) is 1. The predicted molar refractivity (Wildman–Crippen MR) is 73.2 cm³/mol. The van der Waals surface area contributed by atoms with Crippen LogP contribution in [0.5, 0.6) is 0 Å². The third-order valence-corrected chi connectivity index (χ3v) is 3.02. The SMILES string of the molecule is CN=C(OC)c1ccc2c(c1)oc1ccccc12. The highest BCUT2D eigenvalue weighted by molar-refractivity contribution is 6.07. The Morgan fingerprint density at radius 1 is 1.06 bits per heavy atom. The number of furan rings is 1. The van der Waals surface area contributed by atoms with Gasteiger partial charge in [-0.25, -0.2) is 0 Å². The van der Waals surface area contributed by atoms with Crippen LogP contribution in [-0.2, 0) is 4.74 Å². The second-order valence-electron chi connectivity index (χ2n) is 4.04. The smallest absolute Gasteiger partial charge is 0.215 e. The molecule has 0 fully saturated rings. The number of fused-ring (bicyclic) bond motifs is 3. The molecule has 3 nitrogen and oxygen atoms in total. The first-order valence-electron chi connectivity index (χ1n) is 5.76. The molecule has 0 aliphatic carbocycles. The van der Waals surface area contributed by atoms with Crippen molar-refractivity contribution in [3.63, 3.8) is 0 Å². The number of hydrogen-bond acceptors (Lipinski definition) is 3. The topological polar surface area (TPSA) is 34.7 Å². The van der Waals surface area contributed by atoms with E-state index in [1.54, 1.807) is 14.2 Å². The molecule has 0 radical (unpaired) electrons. The monoisotopic (exact) mass is 239 g/mol. The third-order valence-electron chi connectivity index (χ3n) is 3.02. The summed E-state index contributed by atoms with van der Waals surface area (Å²) in [7, 11) is 3.33. The van der Waals surface area contributed by atoms with Gasteiger partial charge in [0.05, 0.1) is 7.11 Å². The van der Waals surface area contributed by atoms with Crippen LogP contribution in [0.25, 0.3) is 21.9 Å². The standard InChI is InChI=1S/C15H13NO2/c1-16-15(17-2)10-7-8-12-11-5-3-4-6-13(11)18-14(12)9-10/h3-9H,1-2H3. The Kier molecular flexibility index (Phi) is 2.52. The molecule has 0 saturated carbocycles. The zero-order valence-corrected chi connectivity index (χ0v) is 10.3. The summed E-state index contributed by atoms with van der Waals surface area (Å²) in [5.74, 6) is 0.609. The van der Waals surface area contributed by atoms with Gasteiger partial charge in [-0.05, 0) is 24.3 Å². The fourth-order valence-electron chi connectivity index (χ4n) is 2.20. The summed E-state index contributed by atoms with van der Waals surface area (Å²) < 4.78 is 11.0. The lowest BCUT2D eigenvalue weighted by Gasteiger charge is -2.03. The first-order valence-corrected chi connectivity index (χ1v) is 5.76. The maximum Gasteiger partial charge on any atom is 0.215 e. The van der Waals surface area contributed by atoms with Gasteiger partial charge in [0.15, 0.2) is 0 Å². The van der Waals surface area contributed by atoms with Gasteiger partial charge in [-0.15, -0.1) is 0 Å². The number of methoxy groups -OCH3 is 1. The quantitative estimate of drug-likeness (QED) is 0.480. The van der Waals surface area contributed by atoms with Gasteiger partial charge >= 0.3 is 0 Å². The Labute approximate surface area is 105 Å². The number of rotatable bonds is 1. The number of ether oxygens (including phenoxy) is 1. The number of para-hydroxylation sites is 1. The Bertz CT molecular complexity index is 740. The molecule has 0 spiro atoms. The molecule has 90 valence electrons. The van der Waals surface area contributed by atoms with Crippen molar-refractivity contribution in [2.45, 2.75) is 0 Å². The van der Waals surface area contributed by atoms with Crippen LogP contribution in [0, 0.1) is 0 Å². The maximum absolute atomic E-state index is 5.82. The Balaban J connectivity index is 2.27. The first-order chi connectivity index (χ1) is 8.83. The van der Waals surface area contributed by atoms with E-state index >= 15 is 0 Å². The van der Waals surface area contributed by atoms with Crippen molar-refractivity contribution >= 4 is 27.8 Å². The molecule has 1 heterocycles. The lowest BCUT2D eigenvalue weighted by atomic mass is 10.1. The van der Waals surface area contributed by atoms with Crippen molar-refractivity contribution in [2.75, 3.05) is 14.2 Å². The molecule has 0 N–H and O–H groups in total. The van der Waals surface area contributed by atoms with Crippen LogP contribution in [0.2, 0.25) is 0 Å². The Morgan fingerprint density at radius 2 is 1.83 bits per heavy atom. The predicted octanol–water partition coefficient (Wildman–Crippen LogP) is 3.61. The van der Waals surface area contributed by atoms with E-state index in [1.165, 1.54) is 0 Å². The van der Waals surface area contributed by atoms with E-state index in [9.17, 15) is 0 Å².